The Labute approximate surface area is 201 Å². The Morgan fingerprint density at radius 3 is 2.53 bits per heavy atom. The third-order valence-corrected chi connectivity index (χ3v) is 7.04. The van der Waals surface area contributed by atoms with Crippen molar-refractivity contribution in [1.29, 1.82) is 0 Å². The number of carbonyl (C=O) groups is 2. The van der Waals surface area contributed by atoms with Crippen LogP contribution in [0.2, 0.25) is 0 Å². The standard InChI is InChI=1S/C28H35FN2O3/c1-2-30-18-9-3-4-10-19-31(27(32)21-12-11-13-22(29)20-21)24-15-6-8-17-26(24)34-25-16-7-5-14-23(25)28(30)33/h5,7,11-14,16,20,24,26H,2-4,6,8-10,15,17-19H2,1H3/t24-,26+/m1/s1. The Kier molecular flexibility index (Phi) is 8.20. The van der Waals surface area contributed by atoms with Gasteiger partial charge in [0.25, 0.3) is 11.8 Å². The van der Waals surface area contributed by atoms with Crippen molar-refractivity contribution in [3.05, 3.63) is 65.5 Å². The van der Waals surface area contributed by atoms with Gasteiger partial charge in [-0.3, -0.25) is 9.59 Å². The number of hydrogen-bond donors (Lipinski definition) is 0. The third-order valence-electron chi connectivity index (χ3n) is 7.04. The summed E-state index contributed by atoms with van der Waals surface area (Å²) < 4.78 is 20.4. The molecular weight excluding hydrogens is 431 g/mol. The molecule has 1 aliphatic carbocycles. The lowest BCUT2D eigenvalue weighted by Crippen LogP contribution is -2.51. The first-order chi connectivity index (χ1) is 16.6. The smallest absolute Gasteiger partial charge is 0.257 e. The van der Waals surface area contributed by atoms with Gasteiger partial charge in [-0.2, -0.15) is 0 Å². The van der Waals surface area contributed by atoms with Gasteiger partial charge in [-0.15, -0.1) is 0 Å². The van der Waals surface area contributed by atoms with Gasteiger partial charge in [0.1, 0.15) is 17.7 Å². The van der Waals surface area contributed by atoms with E-state index in [1.54, 1.807) is 12.1 Å². The Hall–Kier alpha value is -2.89. The molecule has 6 heteroatoms. The highest BCUT2D eigenvalue weighted by Gasteiger charge is 2.35. The molecule has 0 spiro atoms. The molecule has 2 amide bonds. The minimum Gasteiger partial charge on any atom is -0.487 e. The number of nitrogens with zero attached hydrogens (tertiary/aromatic N) is 2. The lowest BCUT2D eigenvalue weighted by atomic mass is 9.90. The second-order valence-electron chi connectivity index (χ2n) is 9.31. The first-order valence-electron chi connectivity index (χ1n) is 12.7. The number of amides is 2. The molecule has 1 heterocycles. The first-order valence-corrected chi connectivity index (χ1v) is 12.7. The van der Waals surface area contributed by atoms with Gasteiger partial charge < -0.3 is 14.5 Å². The molecule has 5 nitrogen and oxygen atoms in total. The summed E-state index contributed by atoms with van der Waals surface area (Å²) in [4.78, 5) is 30.7. The van der Waals surface area contributed by atoms with E-state index in [0.717, 1.165) is 51.4 Å². The molecule has 0 N–H and O–H groups in total. The number of ether oxygens (including phenoxy) is 1. The van der Waals surface area contributed by atoms with Crippen LogP contribution in [0.4, 0.5) is 4.39 Å². The van der Waals surface area contributed by atoms with Gasteiger partial charge in [0, 0.05) is 25.2 Å². The number of carbonyl (C=O) groups excluding carboxylic acids is 2. The fraction of sp³-hybridized carbons (Fsp3) is 0.500. The molecule has 0 saturated heterocycles. The maximum atomic E-state index is 13.9. The van der Waals surface area contributed by atoms with Crippen LogP contribution < -0.4 is 4.74 Å². The number of halogens is 1. The molecule has 2 aliphatic rings. The van der Waals surface area contributed by atoms with E-state index in [9.17, 15) is 14.0 Å². The maximum Gasteiger partial charge on any atom is 0.257 e. The molecule has 0 unspecified atom stereocenters. The fourth-order valence-electron chi connectivity index (χ4n) is 5.20. The summed E-state index contributed by atoms with van der Waals surface area (Å²) in [6.45, 7) is 4.01. The Morgan fingerprint density at radius 2 is 1.74 bits per heavy atom. The molecule has 2 aromatic carbocycles. The number of rotatable bonds is 2. The lowest BCUT2D eigenvalue weighted by Gasteiger charge is -2.40. The summed E-state index contributed by atoms with van der Waals surface area (Å²) in [7, 11) is 0. The van der Waals surface area contributed by atoms with Crippen LogP contribution in [-0.4, -0.2) is 53.4 Å². The molecule has 4 rings (SSSR count). The topological polar surface area (TPSA) is 49.9 Å². The van der Waals surface area contributed by atoms with Gasteiger partial charge in [0.15, 0.2) is 0 Å². The molecule has 2 atom stereocenters. The largest absolute Gasteiger partial charge is 0.487 e. The predicted molar refractivity (Wildman–Crippen MR) is 131 cm³/mol. The summed E-state index contributed by atoms with van der Waals surface area (Å²) in [5.74, 6) is 0.0270. The SMILES string of the molecule is CCN1CCCCCCN(C(=O)c2cccc(F)c2)[C@@H]2CCCC[C@@H]2Oc2ccccc2C1=O. The van der Waals surface area contributed by atoms with Crippen LogP contribution in [0.1, 0.15) is 79.0 Å². The van der Waals surface area contributed by atoms with Crippen molar-refractivity contribution in [1.82, 2.24) is 9.80 Å². The molecule has 34 heavy (non-hydrogen) atoms. The van der Waals surface area contributed by atoms with Crippen LogP contribution in [0, 0.1) is 5.82 Å². The van der Waals surface area contributed by atoms with E-state index in [1.807, 2.05) is 41.0 Å². The van der Waals surface area contributed by atoms with E-state index in [-0.39, 0.29) is 24.0 Å². The molecule has 1 saturated carbocycles. The van der Waals surface area contributed by atoms with Crippen molar-refractivity contribution in [3.63, 3.8) is 0 Å². The summed E-state index contributed by atoms with van der Waals surface area (Å²) in [5, 5.41) is 0. The van der Waals surface area contributed by atoms with Crippen molar-refractivity contribution in [2.24, 2.45) is 0 Å². The van der Waals surface area contributed by atoms with Crippen LogP contribution in [-0.2, 0) is 0 Å². The zero-order valence-corrected chi connectivity index (χ0v) is 20.0. The van der Waals surface area contributed by atoms with E-state index in [4.69, 9.17) is 4.74 Å². The summed E-state index contributed by atoms with van der Waals surface area (Å²) in [6, 6.07) is 13.3. The van der Waals surface area contributed by atoms with E-state index in [0.29, 0.717) is 36.5 Å². The zero-order chi connectivity index (χ0) is 23.9. The van der Waals surface area contributed by atoms with Gasteiger partial charge in [0.2, 0.25) is 0 Å². The molecule has 1 aliphatic heterocycles. The predicted octanol–water partition coefficient (Wildman–Crippen LogP) is 5.69. The molecule has 2 aromatic rings. The molecule has 0 aromatic heterocycles. The highest BCUT2D eigenvalue weighted by atomic mass is 19.1. The average Bonchev–Trinajstić information content (AvgIpc) is 2.86. The monoisotopic (exact) mass is 466 g/mol. The number of benzene rings is 2. The van der Waals surface area contributed by atoms with Gasteiger partial charge >= 0.3 is 0 Å². The van der Waals surface area contributed by atoms with Crippen LogP contribution in [0.3, 0.4) is 0 Å². The number of hydrogen-bond acceptors (Lipinski definition) is 3. The lowest BCUT2D eigenvalue weighted by molar-refractivity contribution is 0.0266. The van der Waals surface area contributed by atoms with Gasteiger partial charge in [-0.05, 0) is 69.4 Å². The Balaban J connectivity index is 1.68. The van der Waals surface area contributed by atoms with E-state index >= 15 is 0 Å². The maximum absolute atomic E-state index is 13.9. The molecule has 1 fully saturated rings. The second-order valence-corrected chi connectivity index (χ2v) is 9.31. The number of fused-ring (bicyclic) bond motifs is 2. The summed E-state index contributed by atoms with van der Waals surface area (Å²) >= 11 is 0. The van der Waals surface area contributed by atoms with Crippen molar-refractivity contribution in [2.75, 3.05) is 19.6 Å². The van der Waals surface area contributed by atoms with Crippen molar-refractivity contribution in [2.45, 2.75) is 70.4 Å². The van der Waals surface area contributed by atoms with Crippen molar-refractivity contribution >= 4 is 11.8 Å². The molecular formula is C28H35FN2O3. The van der Waals surface area contributed by atoms with E-state index in [1.165, 1.54) is 12.1 Å². The van der Waals surface area contributed by atoms with Gasteiger partial charge in [0.05, 0.1) is 11.6 Å². The zero-order valence-electron chi connectivity index (χ0n) is 20.0. The molecule has 182 valence electrons. The Morgan fingerprint density at radius 1 is 0.971 bits per heavy atom. The van der Waals surface area contributed by atoms with Gasteiger partial charge in [-0.1, -0.05) is 37.5 Å². The molecule has 0 bridgehead atoms. The van der Waals surface area contributed by atoms with E-state index < -0.39 is 5.82 Å². The fourth-order valence-corrected chi connectivity index (χ4v) is 5.20. The first kappa shape index (κ1) is 24.2. The number of para-hydroxylation sites is 1. The quantitative estimate of drug-likeness (QED) is 0.571. The highest BCUT2D eigenvalue weighted by Crippen LogP contribution is 2.31. The van der Waals surface area contributed by atoms with Crippen LogP contribution in [0.5, 0.6) is 5.75 Å². The van der Waals surface area contributed by atoms with E-state index in [2.05, 4.69) is 0 Å². The normalized spacial score (nSPS) is 22.2. The third kappa shape index (κ3) is 5.60. The van der Waals surface area contributed by atoms with Crippen LogP contribution >= 0.6 is 0 Å². The summed E-state index contributed by atoms with van der Waals surface area (Å²) in [5.41, 5.74) is 0.952. The molecule has 0 radical (unpaired) electrons. The summed E-state index contributed by atoms with van der Waals surface area (Å²) in [6.07, 6.45) is 7.25. The van der Waals surface area contributed by atoms with Crippen molar-refractivity contribution in [3.8, 4) is 5.75 Å². The Bertz CT molecular complexity index is 995. The minimum absolute atomic E-state index is 0.00443. The van der Waals surface area contributed by atoms with Gasteiger partial charge in [-0.25, -0.2) is 4.39 Å². The van der Waals surface area contributed by atoms with Crippen molar-refractivity contribution < 1.29 is 18.7 Å². The second kappa shape index (κ2) is 11.5. The van der Waals surface area contributed by atoms with Crippen LogP contribution in [0.15, 0.2) is 48.5 Å². The van der Waals surface area contributed by atoms with Crippen LogP contribution in [0.25, 0.3) is 0 Å². The highest BCUT2D eigenvalue weighted by molar-refractivity contribution is 5.97. The minimum atomic E-state index is -0.405. The average molecular weight is 467 g/mol.